The van der Waals surface area contributed by atoms with Crippen LogP contribution in [0, 0.1) is 0 Å². The number of thioether (sulfide) groups is 1. The van der Waals surface area contributed by atoms with E-state index in [4.69, 9.17) is 0 Å². The van der Waals surface area contributed by atoms with Crippen LogP contribution < -0.4 is 32.4 Å². The zero-order chi connectivity index (χ0) is 18.7. The van der Waals surface area contributed by atoms with E-state index < -0.39 is 22.0 Å². The first-order chi connectivity index (χ1) is 12.5. The Balaban J connectivity index is 2.01. The number of nitrogens with one attached hydrogen (secondary N) is 2. The number of aromatic nitrogens is 4. The van der Waals surface area contributed by atoms with Crippen molar-refractivity contribution < 1.29 is 5.11 Å². The van der Waals surface area contributed by atoms with Gasteiger partial charge in [0.05, 0.1) is 6.20 Å². The van der Waals surface area contributed by atoms with Crippen LogP contribution in [-0.4, -0.2) is 30.5 Å². The zero-order valence-electron chi connectivity index (χ0n) is 13.5. The van der Waals surface area contributed by atoms with Gasteiger partial charge in [0.15, 0.2) is 16.5 Å². The van der Waals surface area contributed by atoms with Gasteiger partial charge in [-0.1, -0.05) is 11.8 Å². The molecule has 3 aromatic rings. The molecule has 3 rings (SSSR count). The van der Waals surface area contributed by atoms with E-state index in [9.17, 15) is 14.7 Å². The van der Waals surface area contributed by atoms with Gasteiger partial charge < -0.3 is 5.11 Å². The van der Waals surface area contributed by atoms with Gasteiger partial charge in [0, 0.05) is 30.7 Å². The van der Waals surface area contributed by atoms with Crippen LogP contribution in [0.25, 0.3) is 0 Å². The summed E-state index contributed by atoms with van der Waals surface area (Å²) in [7, 11) is 1.67. The molecule has 2 heterocycles. The van der Waals surface area contributed by atoms with E-state index in [2.05, 4.69) is 35.5 Å². The normalized spacial score (nSPS) is 12.5. The van der Waals surface area contributed by atoms with Crippen molar-refractivity contribution in [1.29, 1.82) is 0 Å². The summed E-state index contributed by atoms with van der Waals surface area (Å²) in [5.41, 5.74) is 3.56. The highest BCUT2D eigenvalue weighted by atomic mass is 32.2. The quantitative estimate of drug-likeness (QED) is 0.373. The number of rotatable bonds is 5. The molecule has 0 unspecified atom stereocenters. The summed E-state index contributed by atoms with van der Waals surface area (Å²) < 4.78 is 5.51. The minimum atomic E-state index is -0.827. The van der Waals surface area contributed by atoms with Crippen molar-refractivity contribution in [3.05, 3.63) is 49.5 Å². The molecule has 0 amide bonds. The molecule has 0 radical (unpaired) electrons. The molecule has 0 fully saturated rings. The van der Waals surface area contributed by atoms with E-state index in [1.807, 2.05) is 6.26 Å². The number of hydrogen-bond donors (Lipinski definition) is 3. The lowest BCUT2D eigenvalue weighted by Crippen LogP contribution is -2.48. The Kier molecular flexibility index (Phi) is 5.09. The maximum atomic E-state index is 12.5. The molecule has 0 aliphatic rings. The van der Waals surface area contributed by atoms with E-state index >= 15 is 0 Å². The van der Waals surface area contributed by atoms with E-state index in [1.54, 1.807) is 13.1 Å². The van der Waals surface area contributed by atoms with Crippen LogP contribution in [0.15, 0.2) is 43.3 Å². The van der Waals surface area contributed by atoms with Gasteiger partial charge in [0.25, 0.3) is 0 Å². The average Bonchev–Trinajstić information content (AvgIpc) is 3.23. The van der Waals surface area contributed by atoms with Crippen molar-refractivity contribution in [1.82, 2.24) is 19.1 Å². The molecule has 26 heavy (non-hydrogen) atoms. The third-order valence-electron chi connectivity index (χ3n) is 3.13. The second kappa shape index (κ2) is 7.45. The van der Waals surface area contributed by atoms with Crippen molar-refractivity contribution in [2.24, 2.45) is 17.3 Å². The first-order valence-electron chi connectivity index (χ1n) is 7.02. The van der Waals surface area contributed by atoms with Gasteiger partial charge in [0.1, 0.15) is 5.82 Å². The zero-order valence-corrected chi connectivity index (χ0v) is 15.1. The number of hydrogen-bond acceptors (Lipinski definition) is 12. The first-order valence-corrected chi connectivity index (χ1v) is 9.02. The Hall–Kier alpha value is -3.06. The van der Waals surface area contributed by atoms with Gasteiger partial charge in [-0.05, 0) is 6.26 Å². The minimum absolute atomic E-state index is 0.339. The lowest BCUT2D eigenvalue weighted by molar-refractivity contribution is 0.466. The molecule has 134 valence electrons. The number of phenolic OH excluding ortho intramolecular Hbond substituents is 1. The summed E-state index contributed by atoms with van der Waals surface area (Å²) in [6.45, 7) is 0. The predicted molar refractivity (Wildman–Crippen MR) is 96.3 cm³/mol. The maximum Gasteiger partial charge on any atom is 0.241 e. The second-order valence-corrected chi connectivity index (χ2v) is 6.32. The molecule has 0 saturated carbocycles. The third-order valence-corrected chi connectivity index (χ3v) is 4.41. The second-order valence-electron chi connectivity index (χ2n) is 4.79. The van der Waals surface area contributed by atoms with Crippen LogP contribution in [0.5, 0.6) is 5.75 Å². The smallest absolute Gasteiger partial charge is 0.241 e. The Bertz CT molecular complexity index is 1160. The van der Waals surface area contributed by atoms with Crippen molar-refractivity contribution >= 4 is 34.2 Å². The predicted octanol–water partition coefficient (Wildman–Crippen LogP) is -0.849. The topological polar surface area (TPSA) is 147 Å². The fraction of sp³-hybridized carbons (Fsp3) is 0.154. The van der Waals surface area contributed by atoms with Gasteiger partial charge in [-0.3, -0.25) is 25.1 Å². The lowest BCUT2D eigenvalue weighted by atomic mass is 10.3. The summed E-state index contributed by atoms with van der Waals surface area (Å²) in [6.07, 6.45) is 3.35. The van der Waals surface area contributed by atoms with Gasteiger partial charge >= 0.3 is 0 Å². The van der Waals surface area contributed by atoms with Gasteiger partial charge in [-0.2, -0.15) is 24.7 Å². The van der Waals surface area contributed by atoms with Crippen LogP contribution in [0.1, 0.15) is 0 Å². The third kappa shape index (κ3) is 3.62. The molecule has 0 aliphatic carbocycles. The molecule has 13 heteroatoms. The number of anilines is 2. The van der Waals surface area contributed by atoms with Crippen LogP contribution in [0.3, 0.4) is 0 Å². The average molecular weight is 392 g/mol. The van der Waals surface area contributed by atoms with E-state index in [0.29, 0.717) is 16.1 Å². The lowest BCUT2D eigenvalue weighted by Gasteiger charge is -1.99. The summed E-state index contributed by atoms with van der Waals surface area (Å²) in [6, 6.07) is 2.49. The highest BCUT2D eigenvalue weighted by molar-refractivity contribution is 7.98. The molecule has 11 nitrogen and oxygen atoms in total. The molecule has 0 bridgehead atoms. The summed E-state index contributed by atoms with van der Waals surface area (Å²) in [5.74, 6) is -0.0754. The van der Waals surface area contributed by atoms with Crippen LogP contribution >= 0.6 is 23.3 Å². The van der Waals surface area contributed by atoms with Gasteiger partial charge in [-0.25, -0.2) is 0 Å². The summed E-state index contributed by atoms with van der Waals surface area (Å²) in [4.78, 5) is 28.5. The number of aromatic hydroxyl groups is 1. The van der Waals surface area contributed by atoms with Crippen LogP contribution in [-0.2, 0) is 7.05 Å². The molecule has 0 aliphatic heterocycles. The van der Waals surface area contributed by atoms with Crippen molar-refractivity contribution in [2.45, 2.75) is 5.16 Å². The molecule has 2 aromatic heterocycles. The maximum absolute atomic E-state index is 12.5. The molecule has 0 atom stereocenters. The fourth-order valence-electron chi connectivity index (χ4n) is 1.85. The number of phenols is 1. The monoisotopic (exact) mass is 392 g/mol. The standard InChI is InChI=1S/C13H12N8O3S2/c1-21-8(3-4-14-21)16-17-9-6(22)5-7(23)10(11(9)24)18-19-12-15-13(25-2)20-26-12/h3-5,16,23H,1-2H3,(H,15,19,20)/b17-9+,18-10+. The summed E-state index contributed by atoms with van der Waals surface area (Å²) >= 11 is 2.40. The molecular formula is C13H12N8O3S2. The van der Waals surface area contributed by atoms with Gasteiger partial charge in [0.2, 0.25) is 21.1 Å². The number of nitrogens with zero attached hydrogens (tertiary/aromatic N) is 6. The highest BCUT2D eigenvalue weighted by Gasteiger charge is 2.08. The van der Waals surface area contributed by atoms with Crippen molar-refractivity contribution in [3.8, 4) is 5.75 Å². The first kappa shape index (κ1) is 17.8. The molecule has 3 N–H and O–H groups in total. The summed E-state index contributed by atoms with van der Waals surface area (Å²) in [5, 5.41) is 21.6. The highest BCUT2D eigenvalue weighted by Crippen LogP contribution is 2.17. The Morgan fingerprint density at radius 2 is 2.04 bits per heavy atom. The van der Waals surface area contributed by atoms with E-state index in [0.717, 1.165) is 17.6 Å². The van der Waals surface area contributed by atoms with Crippen molar-refractivity contribution in [2.75, 3.05) is 17.1 Å². The molecule has 0 saturated heterocycles. The Morgan fingerprint density at radius 3 is 2.69 bits per heavy atom. The van der Waals surface area contributed by atoms with Crippen molar-refractivity contribution in [3.63, 3.8) is 0 Å². The number of benzene rings is 1. The molecule has 1 aromatic carbocycles. The molecule has 0 spiro atoms. The van der Waals surface area contributed by atoms with Crippen LogP contribution in [0.2, 0.25) is 0 Å². The van der Waals surface area contributed by atoms with E-state index in [-0.39, 0.29) is 5.36 Å². The molecular weight excluding hydrogens is 380 g/mol. The van der Waals surface area contributed by atoms with Crippen LogP contribution in [0.4, 0.5) is 10.9 Å². The largest absolute Gasteiger partial charge is 0.505 e. The Morgan fingerprint density at radius 1 is 1.27 bits per heavy atom. The SMILES string of the molecule is CSc1nsc(N/N=c2\c(O)cc(=O)/c(=N\Nc3ccnn3C)c2=O)n1. The number of aryl methyl sites for hydroxylation is 1. The van der Waals surface area contributed by atoms with E-state index in [1.165, 1.54) is 22.6 Å². The fourth-order valence-corrected chi connectivity index (χ4v) is 2.92. The minimum Gasteiger partial charge on any atom is -0.505 e. The van der Waals surface area contributed by atoms with Gasteiger partial charge in [-0.15, -0.1) is 0 Å². The Labute approximate surface area is 153 Å².